The Balaban J connectivity index is 1.21. The van der Waals surface area contributed by atoms with Crippen molar-refractivity contribution in [3.8, 4) is 28.2 Å². The molecule has 0 radical (unpaired) electrons. The molecule has 0 atom stereocenters. The summed E-state index contributed by atoms with van der Waals surface area (Å²) >= 11 is 0. The summed E-state index contributed by atoms with van der Waals surface area (Å²) in [7, 11) is 0. The summed E-state index contributed by atoms with van der Waals surface area (Å²) in [4.78, 5) is 11.3. The molecular formula is C51H32N4. The third-order valence-electron chi connectivity index (χ3n) is 12.6. The van der Waals surface area contributed by atoms with Crippen LogP contribution in [0.3, 0.4) is 0 Å². The minimum atomic E-state index is -0.0870. The van der Waals surface area contributed by atoms with Crippen molar-refractivity contribution in [3.63, 3.8) is 0 Å². The Hall–Kier alpha value is -7.04. The topological polar surface area (TPSA) is 35.1 Å². The maximum absolute atomic E-state index is 5.65. The predicted octanol–water partition coefficient (Wildman–Crippen LogP) is 13.0. The lowest BCUT2D eigenvalue weighted by Gasteiger charge is -2.21. The fourth-order valence-electron chi connectivity index (χ4n) is 10.2. The number of fused-ring (bicyclic) bond motifs is 11. The van der Waals surface area contributed by atoms with Gasteiger partial charge in [-0.3, -0.25) is 4.57 Å². The molecule has 4 heterocycles. The first-order chi connectivity index (χ1) is 27.1. The molecule has 0 amide bonds. The molecule has 4 aromatic heterocycles. The highest BCUT2D eigenvalue weighted by atomic mass is 15.1. The van der Waals surface area contributed by atoms with Crippen molar-refractivity contribution in [1.29, 1.82) is 0 Å². The second kappa shape index (κ2) is 10.1. The Kier molecular flexibility index (Phi) is 5.42. The number of hydrogen-bond donors (Lipinski definition) is 0. The van der Waals surface area contributed by atoms with E-state index in [0.717, 1.165) is 49.9 Å². The summed E-state index contributed by atoms with van der Waals surface area (Å²) in [5, 5.41) is 9.75. The number of hydrogen-bond acceptors (Lipinski definition) is 2. The average molecular weight is 701 g/mol. The maximum Gasteiger partial charge on any atom is 0.165 e. The molecule has 0 saturated heterocycles. The Morgan fingerprint density at radius 1 is 0.473 bits per heavy atom. The van der Waals surface area contributed by atoms with E-state index in [1.54, 1.807) is 0 Å². The summed E-state index contributed by atoms with van der Waals surface area (Å²) in [5.41, 5.74) is 14.8. The van der Waals surface area contributed by atoms with E-state index < -0.39 is 0 Å². The van der Waals surface area contributed by atoms with Crippen LogP contribution in [0.25, 0.3) is 110 Å². The summed E-state index contributed by atoms with van der Waals surface area (Å²) in [5.74, 6) is 0.832. The van der Waals surface area contributed by atoms with E-state index in [-0.39, 0.29) is 5.41 Å². The minimum absolute atomic E-state index is 0.0870. The Labute approximate surface area is 315 Å². The Morgan fingerprint density at radius 2 is 1.13 bits per heavy atom. The molecule has 0 fully saturated rings. The van der Waals surface area contributed by atoms with Gasteiger partial charge in [0.15, 0.2) is 5.82 Å². The van der Waals surface area contributed by atoms with E-state index in [1.807, 2.05) is 0 Å². The van der Waals surface area contributed by atoms with E-state index in [2.05, 4.69) is 181 Å². The fourth-order valence-corrected chi connectivity index (χ4v) is 10.2. The molecule has 0 unspecified atom stereocenters. The van der Waals surface area contributed by atoms with Crippen LogP contribution < -0.4 is 0 Å². The van der Waals surface area contributed by atoms with Crippen LogP contribution in [0, 0.1) is 0 Å². The molecule has 0 aliphatic heterocycles. The summed E-state index contributed by atoms with van der Waals surface area (Å²) < 4.78 is 4.88. The average Bonchev–Trinajstić information content (AvgIpc) is 3.80. The molecule has 4 heteroatoms. The SMILES string of the molecule is CC1(C)c2ccccc2-c2cc(-c3nc4c(ccc5ccccc54)nc3-n3c4cccc5c6cccc7c8ccccc8n(c8cccc3c8c54)c67)ccc21. The number of nitrogens with zero attached hydrogens (tertiary/aromatic N) is 4. The zero-order valence-electron chi connectivity index (χ0n) is 30.3. The highest BCUT2D eigenvalue weighted by Crippen LogP contribution is 2.50. The standard InChI is InChI=1S/C51H32N4/c1-51(2)38-19-7-5-14-32(38)37-28-30(24-26-39(37)51)47-50(52-40-27-25-29-12-3-4-13-31(29)48(40)53-47)55-42-21-10-16-34-36-18-9-17-35-33-15-6-8-20-41(33)54(49(35)36)43-22-11-23-44(55)46(43)45(34)42/h3-28H,1-2H3. The predicted molar refractivity (Wildman–Crippen MR) is 229 cm³/mol. The molecule has 12 aromatic rings. The molecule has 256 valence electrons. The van der Waals surface area contributed by atoms with E-state index in [9.17, 15) is 0 Å². The smallest absolute Gasteiger partial charge is 0.165 e. The normalized spacial score (nSPS) is 13.8. The Morgan fingerprint density at radius 3 is 2.04 bits per heavy atom. The molecule has 0 spiro atoms. The van der Waals surface area contributed by atoms with Gasteiger partial charge in [0.1, 0.15) is 5.69 Å². The van der Waals surface area contributed by atoms with Crippen LogP contribution in [0.1, 0.15) is 25.0 Å². The summed E-state index contributed by atoms with van der Waals surface area (Å²) in [6.07, 6.45) is 0. The lowest BCUT2D eigenvalue weighted by atomic mass is 9.82. The molecule has 0 saturated carbocycles. The number of aromatic nitrogens is 4. The first-order valence-corrected chi connectivity index (χ1v) is 19.1. The molecule has 1 aliphatic carbocycles. The van der Waals surface area contributed by atoms with Gasteiger partial charge in [0.25, 0.3) is 0 Å². The van der Waals surface area contributed by atoms with Crippen molar-refractivity contribution in [2.24, 2.45) is 0 Å². The maximum atomic E-state index is 5.65. The van der Waals surface area contributed by atoms with E-state index in [4.69, 9.17) is 9.97 Å². The zero-order chi connectivity index (χ0) is 36.2. The van der Waals surface area contributed by atoms with Crippen LogP contribution in [0.5, 0.6) is 0 Å². The summed E-state index contributed by atoms with van der Waals surface area (Å²) in [6.45, 7) is 4.67. The largest absolute Gasteiger partial charge is 0.308 e. The van der Waals surface area contributed by atoms with Gasteiger partial charge in [-0.05, 0) is 69.4 Å². The van der Waals surface area contributed by atoms with Crippen LogP contribution in [-0.4, -0.2) is 18.9 Å². The molecule has 0 bridgehead atoms. The van der Waals surface area contributed by atoms with Crippen LogP contribution in [0.2, 0.25) is 0 Å². The van der Waals surface area contributed by atoms with Gasteiger partial charge >= 0.3 is 0 Å². The number of benzene rings is 8. The highest BCUT2D eigenvalue weighted by molar-refractivity contribution is 6.31. The van der Waals surface area contributed by atoms with Gasteiger partial charge in [0, 0.05) is 43.3 Å². The van der Waals surface area contributed by atoms with Gasteiger partial charge < -0.3 is 4.40 Å². The first kappa shape index (κ1) is 29.4. The van der Waals surface area contributed by atoms with Crippen molar-refractivity contribution in [1.82, 2.24) is 18.9 Å². The lowest BCUT2D eigenvalue weighted by Crippen LogP contribution is -2.14. The van der Waals surface area contributed by atoms with Crippen LogP contribution >= 0.6 is 0 Å². The van der Waals surface area contributed by atoms with E-state index >= 15 is 0 Å². The van der Waals surface area contributed by atoms with Crippen LogP contribution in [0.15, 0.2) is 158 Å². The molecule has 13 rings (SSSR count). The summed E-state index contributed by atoms with van der Waals surface area (Å²) in [6, 6.07) is 57.7. The molecule has 1 aliphatic rings. The van der Waals surface area contributed by atoms with Crippen molar-refractivity contribution in [2.75, 3.05) is 0 Å². The molecule has 55 heavy (non-hydrogen) atoms. The van der Waals surface area contributed by atoms with Gasteiger partial charge in [0.05, 0.1) is 38.6 Å². The quantitative estimate of drug-likeness (QED) is 0.168. The van der Waals surface area contributed by atoms with Crippen LogP contribution in [0.4, 0.5) is 0 Å². The monoisotopic (exact) mass is 700 g/mol. The van der Waals surface area contributed by atoms with E-state index in [1.165, 1.54) is 71.1 Å². The first-order valence-electron chi connectivity index (χ1n) is 19.1. The van der Waals surface area contributed by atoms with Gasteiger partial charge in [0.2, 0.25) is 0 Å². The van der Waals surface area contributed by atoms with Crippen molar-refractivity contribution >= 4 is 81.7 Å². The minimum Gasteiger partial charge on any atom is -0.308 e. The molecule has 4 nitrogen and oxygen atoms in total. The third-order valence-corrected chi connectivity index (χ3v) is 12.6. The second-order valence-electron chi connectivity index (χ2n) is 15.7. The number of para-hydroxylation sites is 2. The zero-order valence-corrected chi connectivity index (χ0v) is 30.3. The second-order valence-corrected chi connectivity index (χ2v) is 15.7. The lowest BCUT2D eigenvalue weighted by molar-refractivity contribution is 0.660. The molecular weight excluding hydrogens is 669 g/mol. The number of rotatable bonds is 2. The molecule has 0 N–H and O–H groups in total. The molecule has 8 aromatic carbocycles. The Bertz CT molecular complexity index is 3640. The fraction of sp³-hybridized carbons (Fsp3) is 0.0588. The van der Waals surface area contributed by atoms with Crippen LogP contribution in [-0.2, 0) is 5.41 Å². The van der Waals surface area contributed by atoms with Gasteiger partial charge in [-0.2, -0.15) is 0 Å². The van der Waals surface area contributed by atoms with E-state index in [0.29, 0.717) is 0 Å². The van der Waals surface area contributed by atoms with Gasteiger partial charge in [-0.1, -0.05) is 135 Å². The van der Waals surface area contributed by atoms with Gasteiger partial charge in [-0.15, -0.1) is 0 Å². The third kappa shape index (κ3) is 3.62. The van der Waals surface area contributed by atoms with Crippen molar-refractivity contribution < 1.29 is 0 Å². The highest BCUT2D eigenvalue weighted by Gasteiger charge is 2.35. The van der Waals surface area contributed by atoms with Gasteiger partial charge in [-0.25, -0.2) is 9.97 Å². The van der Waals surface area contributed by atoms with Crippen molar-refractivity contribution in [2.45, 2.75) is 19.3 Å². The van der Waals surface area contributed by atoms with Crippen molar-refractivity contribution in [3.05, 3.63) is 169 Å².